The number of carbonyl (C=O) groups excluding carboxylic acids is 2. The van der Waals surface area contributed by atoms with Crippen LogP contribution in [-0.2, 0) is 4.79 Å². The fourth-order valence-corrected chi connectivity index (χ4v) is 3.77. The van der Waals surface area contributed by atoms with Crippen molar-refractivity contribution in [3.8, 4) is 11.3 Å². The van der Waals surface area contributed by atoms with E-state index in [1.165, 1.54) is 31.4 Å². The van der Waals surface area contributed by atoms with E-state index in [2.05, 4.69) is 25.6 Å². The fraction of sp³-hybridized carbons (Fsp3) is 0.167. The number of carbonyl (C=O) groups is 2. The Hall–Kier alpha value is -3.78. The van der Waals surface area contributed by atoms with E-state index in [1.54, 1.807) is 24.5 Å². The van der Waals surface area contributed by atoms with Gasteiger partial charge in [-0.25, -0.2) is 9.37 Å². The maximum atomic E-state index is 14.5. The van der Waals surface area contributed by atoms with Crippen LogP contribution in [0.3, 0.4) is 0 Å². The number of anilines is 2. The lowest BCUT2D eigenvalue weighted by Gasteiger charge is -2.17. The molecule has 0 spiro atoms. The highest BCUT2D eigenvalue weighted by atomic mass is 35.5. The predicted octanol–water partition coefficient (Wildman–Crippen LogP) is 5.21. The molecule has 1 aromatic carbocycles. The molecule has 9 heteroatoms. The van der Waals surface area contributed by atoms with Crippen LogP contribution in [0.4, 0.5) is 15.8 Å². The zero-order chi connectivity index (χ0) is 23.7. The molecule has 0 saturated heterocycles. The summed E-state index contributed by atoms with van der Waals surface area (Å²) in [6.45, 7) is 4.03. The van der Waals surface area contributed by atoms with E-state index in [0.717, 1.165) is 5.56 Å². The minimum atomic E-state index is -0.726. The number of halogens is 2. The smallest absolute Gasteiger partial charge is 0.292 e. The molecule has 1 amide bonds. The topological polar surface area (TPSA) is 99.8 Å². The molecule has 0 radical (unpaired) electrons. The number of amides is 1. The molecule has 0 atom stereocenters. The number of rotatable bonds is 6. The normalized spacial score (nSPS) is 11.1. The van der Waals surface area contributed by atoms with Crippen LogP contribution in [0.1, 0.15) is 35.7 Å². The first-order chi connectivity index (χ1) is 15.8. The van der Waals surface area contributed by atoms with Crippen molar-refractivity contribution in [3.63, 3.8) is 0 Å². The molecule has 0 saturated carbocycles. The first kappa shape index (κ1) is 22.4. The highest BCUT2D eigenvalue weighted by molar-refractivity contribution is 6.45. The van der Waals surface area contributed by atoms with Gasteiger partial charge in [0, 0.05) is 41.9 Å². The van der Waals surface area contributed by atoms with Crippen molar-refractivity contribution in [2.75, 3.05) is 12.4 Å². The van der Waals surface area contributed by atoms with E-state index in [1.807, 2.05) is 13.8 Å². The Morgan fingerprint density at radius 2 is 1.91 bits per heavy atom. The summed E-state index contributed by atoms with van der Waals surface area (Å²) in [5, 5.41) is 6.57. The summed E-state index contributed by atoms with van der Waals surface area (Å²) < 4.78 is 14.5. The highest BCUT2D eigenvalue weighted by Crippen LogP contribution is 2.35. The molecule has 0 unspecified atom stereocenters. The number of pyridine rings is 2. The van der Waals surface area contributed by atoms with Gasteiger partial charge in [0.1, 0.15) is 11.5 Å². The first-order valence-corrected chi connectivity index (χ1v) is 10.6. The van der Waals surface area contributed by atoms with Crippen molar-refractivity contribution in [3.05, 3.63) is 70.9 Å². The van der Waals surface area contributed by atoms with Crippen molar-refractivity contribution < 1.29 is 14.0 Å². The molecule has 0 fully saturated rings. The van der Waals surface area contributed by atoms with Gasteiger partial charge >= 0.3 is 0 Å². The zero-order valence-corrected chi connectivity index (χ0v) is 18.9. The number of H-pyrrole nitrogens is 1. The van der Waals surface area contributed by atoms with Gasteiger partial charge in [-0.3, -0.25) is 14.6 Å². The lowest BCUT2D eigenvalue weighted by molar-refractivity contribution is -0.116. The number of fused-ring (bicyclic) bond motifs is 1. The van der Waals surface area contributed by atoms with Gasteiger partial charge in [-0.15, -0.1) is 0 Å². The van der Waals surface area contributed by atoms with Crippen LogP contribution in [0.5, 0.6) is 0 Å². The average molecular weight is 466 g/mol. The standard InChI is InChI=1S/C24H21ClFN5O2/c1-12(2)15-10-29-19(14-8-13(25)4-5-17(14)26)9-20(15)31-18-6-7-28-23-21(18)16(11-30-23)22(32)24(33)27-3/h4-12H,1-3H3,(H,27,33)(H2,28,29,30,31). The number of likely N-dealkylation sites (N-methyl/N-ethyl adjacent to an activating group) is 1. The minimum Gasteiger partial charge on any atom is -0.355 e. The second-order valence-electron chi connectivity index (χ2n) is 7.75. The lowest BCUT2D eigenvalue weighted by atomic mass is 10.0. The minimum absolute atomic E-state index is 0.105. The number of aromatic amines is 1. The van der Waals surface area contributed by atoms with Gasteiger partial charge in [0.05, 0.1) is 22.3 Å². The second-order valence-corrected chi connectivity index (χ2v) is 8.19. The SMILES string of the molecule is CNC(=O)C(=O)c1c[nH]c2nccc(Nc3cc(-c4cc(Cl)ccc4F)ncc3C(C)C)c12. The van der Waals surface area contributed by atoms with E-state index in [-0.39, 0.29) is 17.0 Å². The lowest BCUT2D eigenvalue weighted by Crippen LogP contribution is -2.27. The van der Waals surface area contributed by atoms with Gasteiger partial charge in [0.2, 0.25) is 0 Å². The summed E-state index contributed by atoms with van der Waals surface area (Å²) in [5.74, 6) is -1.74. The van der Waals surface area contributed by atoms with Crippen molar-refractivity contribution in [2.45, 2.75) is 19.8 Å². The van der Waals surface area contributed by atoms with E-state index < -0.39 is 17.5 Å². The van der Waals surface area contributed by atoms with Crippen LogP contribution in [0.2, 0.25) is 5.02 Å². The van der Waals surface area contributed by atoms with Crippen LogP contribution in [0, 0.1) is 5.82 Å². The monoisotopic (exact) mass is 465 g/mol. The summed E-state index contributed by atoms with van der Waals surface area (Å²) >= 11 is 6.07. The molecule has 0 aliphatic rings. The Kier molecular flexibility index (Phi) is 6.11. The van der Waals surface area contributed by atoms with Crippen LogP contribution in [-0.4, -0.2) is 33.7 Å². The molecule has 0 bridgehead atoms. The number of nitrogens with one attached hydrogen (secondary N) is 3. The van der Waals surface area contributed by atoms with Crippen molar-refractivity contribution in [1.29, 1.82) is 0 Å². The molecular formula is C24H21ClFN5O2. The van der Waals surface area contributed by atoms with E-state index >= 15 is 0 Å². The van der Waals surface area contributed by atoms with Gasteiger partial charge < -0.3 is 15.6 Å². The van der Waals surface area contributed by atoms with Gasteiger partial charge in [-0.1, -0.05) is 25.4 Å². The molecule has 3 N–H and O–H groups in total. The number of benzene rings is 1. The number of ketones is 1. The van der Waals surface area contributed by atoms with Crippen molar-refractivity contribution in [2.24, 2.45) is 0 Å². The van der Waals surface area contributed by atoms with Crippen LogP contribution >= 0.6 is 11.6 Å². The van der Waals surface area contributed by atoms with Gasteiger partial charge in [0.15, 0.2) is 0 Å². The number of hydrogen-bond acceptors (Lipinski definition) is 5. The highest BCUT2D eigenvalue weighted by Gasteiger charge is 2.22. The molecule has 4 rings (SSSR count). The van der Waals surface area contributed by atoms with Crippen LogP contribution in [0.15, 0.2) is 48.9 Å². The van der Waals surface area contributed by atoms with Gasteiger partial charge in [-0.05, 0) is 41.8 Å². The fourth-order valence-electron chi connectivity index (χ4n) is 3.60. The number of Topliss-reactive ketones (excluding diaryl/α,β-unsaturated/α-hetero) is 1. The van der Waals surface area contributed by atoms with Crippen molar-refractivity contribution in [1.82, 2.24) is 20.3 Å². The van der Waals surface area contributed by atoms with Crippen molar-refractivity contribution >= 4 is 45.7 Å². The quantitative estimate of drug-likeness (QED) is 0.268. The zero-order valence-electron chi connectivity index (χ0n) is 18.2. The summed E-state index contributed by atoms with van der Waals surface area (Å²) in [6, 6.07) is 7.75. The van der Waals surface area contributed by atoms with Crippen LogP contribution < -0.4 is 10.6 Å². The molecule has 3 heterocycles. The molecule has 33 heavy (non-hydrogen) atoms. The van der Waals surface area contributed by atoms with E-state index in [9.17, 15) is 14.0 Å². The average Bonchev–Trinajstić information content (AvgIpc) is 3.24. The van der Waals surface area contributed by atoms with E-state index in [4.69, 9.17) is 11.6 Å². The Morgan fingerprint density at radius 3 is 2.64 bits per heavy atom. The maximum Gasteiger partial charge on any atom is 0.292 e. The largest absolute Gasteiger partial charge is 0.355 e. The molecule has 3 aromatic heterocycles. The Bertz CT molecular complexity index is 1380. The third kappa shape index (κ3) is 4.29. The third-order valence-corrected chi connectivity index (χ3v) is 5.52. The molecule has 0 aliphatic carbocycles. The molecule has 7 nitrogen and oxygen atoms in total. The molecule has 168 valence electrons. The molecular weight excluding hydrogens is 445 g/mol. The Morgan fingerprint density at radius 1 is 1.12 bits per heavy atom. The second kappa shape index (κ2) is 8.99. The summed E-state index contributed by atoms with van der Waals surface area (Å²) in [7, 11) is 1.40. The summed E-state index contributed by atoms with van der Waals surface area (Å²) in [6.07, 6.45) is 4.74. The third-order valence-electron chi connectivity index (χ3n) is 5.28. The molecule has 0 aliphatic heterocycles. The predicted molar refractivity (Wildman–Crippen MR) is 127 cm³/mol. The van der Waals surface area contributed by atoms with E-state index in [0.29, 0.717) is 33.1 Å². The number of nitrogens with zero attached hydrogens (tertiary/aromatic N) is 2. The molecule has 4 aromatic rings. The summed E-state index contributed by atoms with van der Waals surface area (Å²) in [4.78, 5) is 36.2. The van der Waals surface area contributed by atoms with Crippen LogP contribution in [0.25, 0.3) is 22.3 Å². The Labute approximate surface area is 194 Å². The number of hydrogen-bond donors (Lipinski definition) is 3. The first-order valence-electron chi connectivity index (χ1n) is 10.2. The van der Waals surface area contributed by atoms with Gasteiger partial charge in [0.25, 0.3) is 11.7 Å². The maximum absolute atomic E-state index is 14.5. The summed E-state index contributed by atoms with van der Waals surface area (Å²) in [5.41, 5.74) is 3.47. The van der Waals surface area contributed by atoms with Gasteiger partial charge in [-0.2, -0.15) is 0 Å². The number of aromatic nitrogens is 3. The Balaban J connectivity index is 1.85.